The Hall–Kier alpha value is -3.41. The van der Waals surface area contributed by atoms with Gasteiger partial charge < -0.3 is 14.2 Å². The Morgan fingerprint density at radius 1 is 0.300 bits per heavy atom. The third-order valence-electron chi connectivity index (χ3n) is 12.6. The van der Waals surface area contributed by atoms with Crippen molar-refractivity contribution in [3.05, 3.63) is 85.1 Å². The fourth-order valence-electron chi connectivity index (χ4n) is 8.21. The lowest BCUT2D eigenvalue weighted by atomic mass is 10.0. The zero-order valence-corrected chi connectivity index (χ0v) is 46.0. The van der Waals surface area contributed by atoms with Crippen molar-refractivity contribution in [1.29, 1.82) is 0 Å². The normalized spacial score (nSPS) is 12.7. The van der Waals surface area contributed by atoms with E-state index >= 15 is 0 Å². The van der Waals surface area contributed by atoms with E-state index < -0.39 is 6.10 Å². The van der Waals surface area contributed by atoms with Crippen molar-refractivity contribution in [3.63, 3.8) is 0 Å². The maximum Gasteiger partial charge on any atom is 0.306 e. The van der Waals surface area contributed by atoms with Crippen LogP contribution in [0.3, 0.4) is 0 Å². The molecule has 0 spiro atoms. The van der Waals surface area contributed by atoms with E-state index in [0.717, 1.165) is 109 Å². The first-order valence-corrected chi connectivity index (χ1v) is 29.6. The predicted molar refractivity (Wildman–Crippen MR) is 302 cm³/mol. The molecular weight excluding hydrogens is 865 g/mol. The highest BCUT2D eigenvalue weighted by Gasteiger charge is 2.19. The minimum atomic E-state index is -0.784. The quantitative estimate of drug-likeness (QED) is 0.0261. The predicted octanol–water partition coefficient (Wildman–Crippen LogP) is 19.9. The van der Waals surface area contributed by atoms with Crippen LogP contribution in [0.15, 0.2) is 85.1 Å². The third-order valence-corrected chi connectivity index (χ3v) is 12.6. The van der Waals surface area contributed by atoms with Gasteiger partial charge in [0.05, 0.1) is 0 Å². The average molecular weight is 976 g/mol. The van der Waals surface area contributed by atoms with Crippen molar-refractivity contribution in [3.8, 4) is 0 Å². The fourth-order valence-corrected chi connectivity index (χ4v) is 8.21. The molecule has 0 bridgehead atoms. The summed E-state index contributed by atoms with van der Waals surface area (Å²) in [6.45, 7) is 6.50. The monoisotopic (exact) mass is 975 g/mol. The molecule has 0 saturated carbocycles. The Morgan fingerprint density at radius 3 is 0.900 bits per heavy atom. The van der Waals surface area contributed by atoms with Crippen molar-refractivity contribution >= 4 is 17.9 Å². The van der Waals surface area contributed by atoms with Gasteiger partial charge in [-0.05, 0) is 96.3 Å². The van der Waals surface area contributed by atoms with E-state index in [1.165, 1.54) is 135 Å². The van der Waals surface area contributed by atoms with Crippen molar-refractivity contribution in [2.24, 2.45) is 0 Å². The van der Waals surface area contributed by atoms with Gasteiger partial charge in [-0.15, -0.1) is 0 Å². The summed E-state index contributed by atoms with van der Waals surface area (Å²) in [5.74, 6) is -0.893. The number of unbranched alkanes of at least 4 members (excludes halogenated alkanes) is 28. The minimum absolute atomic E-state index is 0.0812. The first-order chi connectivity index (χ1) is 34.5. The molecule has 0 rings (SSSR count). The summed E-state index contributed by atoms with van der Waals surface area (Å²) in [5, 5.41) is 0. The van der Waals surface area contributed by atoms with E-state index in [1.54, 1.807) is 0 Å². The van der Waals surface area contributed by atoms with E-state index in [9.17, 15) is 14.4 Å². The molecule has 0 aromatic heterocycles. The standard InChI is InChI=1S/C64H110O6/c1-4-7-10-13-16-19-22-25-27-29-30-31-32-33-34-36-37-39-42-45-48-51-54-57-63(66)69-60-61(59-68-62(65)56-53-50-47-44-41-24-21-18-15-12-9-6-3)70-64(67)58-55-52-49-46-43-40-38-35-28-26-23-20-17-14-11-8-5-2/h7,10,16-17,19-20,25-28,30-31,33-34,61H,4-6,8-9,11-15,18,21-24,29,32,35-60H2,1-3H3/b10-7-,19-16-,20-17-,27-25-,28-26-,31-30-,34-33-. The molecular formula is C64H110O6. The van der Waals surface area contributed by atoms with Gasteiger partial charge in [0.2, 0.25) is 0 Å². The molecule has 0 N–H and O–H groups in total. The molecule has 6 nitrogen and oxygen atoms in total. The molecule has 0 radical (unpaired) electrons. The summed E-state index contributed by atoms with van der Waals surface area (Å²) < 4.78 is 16.9. The number of esters is 3. The molecule has 0 fully saturated rings. The zero-order valence-electron chi connectivity index (χ0n) is 46.0. The fraction of sp³-hybridized carbons (Fsp3) is 0.734. The average Bonchev–Trinajstić information content (AvgIpc) is 3.36. The van der Waals surface area contributed by atoms with Crippen LogP contribution in [0.4, 0.5) is 0 Å². The van der Waals surface area contributed by atoms with E-state index in [0.29, 0.717) is 19.3 Å². The Bertz CT molecular complexity index is 1350. The number of allylic oxidation sites excluding steroid dienone is 14. The second kappa shape index (κ2) is 58.2. The van der Waals surface area contributed by atoms with Crippen LogP contribution in [-0.4, -0.2) is 37.2 Å². The SMILES string of the molecule is CC/C=C\C/C=C\C/C=C\C/C=C\C/C=C\CCCCCCCCCC(=O)OCC(COC(=O)CCCCCCCCCCCCCC)OC(=O)CCCCCCCCC/C=C\C/C=C\CCCCC. The van der Waals surface area contributed by atoms with E-state index in [4.69, 9.17) is 14.2 Å². The summed E-state index contributed by atoms with van der Waals surface area (Å²) in [6.07, 6.45) is 75.7. The molecule has 0 aliphatic heterocycles. The summed E-state index contributed by atoms with van der Waals surface area (Å²) in [4.78, 5) is 38.2. The van der Waals surface area contributed by atoms with Gasteiger partial charge >= 0.3 is 17.9 Å². The van der Waals surface area contributed by atoms with Gasteiger partial charge in [-0.2, -0.15) is 0 Å². The van der Waals surface area contributed by atoms with Crippen molar-refractivity contribution < 1.29 is 28.6 Å². The Morgan fingerprint density at radius 2 is 0.557 bits per heavy atom. The van der Waals surface area contributed by atoms with Gasteiger partial charge in [-0.3, -0.25) is 14.4 Å². The molecule has 0 saturated heterocycles. The summed E-state index contributed by atoms with van der Waals surface area (Å²) >= 11 is 0. The van der Waals surface area contributed by atoms with Crippen LogP contribution in [0.2, 0.25) is 0 Å². The van der Waals surface area contributed by atoms with Gasteiger partial charge in [-0.1, -0.05) is 254 Å². The molecule has 0 amide bonds. The Kier molecular flexibility index (Phi) is 55.3. The lowest BCUT2D eigenvalue weighted by Gasteiger charge is -2.18. The molecule has 0 aromatic carbocycles. The topological polar surface area (TPSA) is 78.9 Å². The van der Waals surface area contributed by atoms with Crippen molar-refractivity contribution in [1.82, 2.24) is 0 Å². The second-order valence-electron chi connectivity index (χ2n) is 19.5. The number of hydrogen-bond donors (Lipinski definition) is 0. The first-order valence-electron chi connectivity index (χ1n) is 29.6. The van der Waals surface area contributed by atoms with Gasteiger partial charge in [0, 0.05) is 19.3 Å². The first kappa shape index (κ1) is 66.6. The Balaban J connectivity index is 4.36. The van der Waals surface area contributed by atoms with Gasteiger partial charge in [0.25, 0.3) is 0 Å². The van der Waals surface area contributed by atoms with Crippen LogP contribution < -0.4 is 0 Å². The molecule has 0 aliphatic rings. The van der Waals surface area contributed by atoms with Crippen LogP contribution in [0, 0.1) is 0 Å². The number of carbonyl (C=O) groups excluding carboxylic acids is 3. The largest absolute Gasteiger partial charge is 0.462 e. The zero-order chi connectivity index (χ0) is 50.7. The minimum Gasteiger partial charge on any atom is -0.462 e. The Labute approximate surface area is 433 Å². The molecule has 0 aromatic rings. The molecule has 402 valence electrons. The molecule has 70 heavy (non-hydrogen) atoms. The molecule has 1 unspecified atom stereocenters. The summed E-state index contributed by atoms with van der Waals surface area (Å²) in [7, 11) is 0. The molecule has 0 aliphatic carbocycles. The highest BCUT2D eigenvalue weighted by molar-refractivity contribution is 5.71. The lowest BCUT2D eigenvalue weighted by molar-refractivity contribution is -0.167. The maximum atomic E-state index is 12.9. The number of ether oxygens (including phenoxy) is 3. The summed E-state index contributed by atoms with van der Waals surface area (Å²) in [6, 6.07) is 0. The molecule has 1 atom stereocenters. The van der Waals surface area contributed by atoms with Crippen LogP contribution in [0.1, 0.15) is 284 Å². The van der Waals surface area contributed by atoms with Gasteiger partial charge in [-0.25, -0.2) is 0 Å². The summed E-state index contributed by atoms with van der Waals surface area (Å²) in [5.41, 5.74) is 0. The van der Waals surface area contributed by atoms with E-state index in [2.05, 4.69) is 106 Å². The second-order valence-corrected chi connectivity index (χ2v) is 19.5. The van der Waals surface area contributed by atoms with Crippen LogP contribution in [0.25, 0.3) is 0 Å². The van der Waals surface area contributed by atoms with Gasteiger partial charge in [0.1, 0.15) is 13.2 Å². The van der Waals surface area contributed by atoms with Crippen LogP contribution in [-0.2, 0) is 28.6 Å². The number of rotatable bonds is 53. The lowest BCUT2D eigenvalue weighted by Crippen LogP contribution is -2.30. The van der Waals surface area contributed by atoms with Gasteiger partial charge in [0.15, 0.2) is 6.10 Å². The highest BCUT2D eigenvalue weighted by atomic mass is 16.6. The van der Waals surface area contributed by atoms with Crippen molar-refractivity contribution in [2.75, 3.05) is 13.2 Å². The van der Waals surface area contributed by atoms with Crippen molar-refractivity contribution in [2.45, 2.75) is 290 Å². The molecule has 6 heteroatoms. The third kappa shape index (κ3) is 55.5. The van der Waals surface area contributed by atoms with E-state index in [1.807, 2.05) is 0 Å². The number of carbonyl (C=O) groups is 3. The molecule has 0 heterocycles. The smallest absolute Gasteiger partial charge is 0.306 e. The highest BCUT2D eigenvalue weighted by Crippen LogP contribution is 2.15. The van der Waals surface area contributed by atoms with Crippen LogP contribution in [0.5, 0.6) is 0 Å². The van der Waals surface area contributed by atoms with E-state index in [-0.39, 0.29) is 31.1 Å². The number of hydrogen-bond acceptors (Lipinski definition) is 6. The van der Waals surface area contributed by atoms with Crippen LogP contribution >= 0.6 is 0 Å². The maximum absolute atomic E-state index is 12.9.